The van der Waals surface area contributed by atoms with Gasteiger partial charge < -0.3 is 4.74 Å². The van der Waals surface area contributed by atoms with Crippen molar-refractivity contribution in [2.45, 2.75) is 13.8 Å². The summed E-state index contributed by atoms with van der Waals surface area (Å²) in [7, 11) is 1.52. The molecule has 2 rings (SSSR count). The minimum absolute atomic E-state index is 0.272. The van der Waals surface area contributed by atoms with Crippen LogP contribution in [0.1, 0.15) is 27.0 Å². The van der Waals surface area contributed by atoms with Crippen molar-refractivity contribution < 1.29 is 13.9 Å². The summed E-state index contributed by atoms with van der Waals surface area (Å²) >= 11 is 6.74. The van der Waals surface area contributed by atoms with Gasteiger partial charge in [-0.1, -0.05) is 31.9 Å². The van der Waals surface area contributed by atoms with Crippen molar-refractivity contribution in [1.82, 2.24) is 0 Å². The molecule has 0 spiro atoms. The molecule has 2 aromatic carbocycles. The van der Waals surface area contributed by atoms with Crippen LogP contribution in [0.15, 0.2) is 33.2 Å². The second-order valence-corrected chi connectivity index (χ2v) is 6.37. The van der Waals surface area contributed by atoms with E-state index in [-0.39, 0.29) is 11.3 Å². The van der Waals surface area contributed by atoms with E-state index in [9.17, 15) is 9.18 Å². The van der Waals surface area contributed by atoms with Crippen molar-refractivity contribution in [1.29, 1.82) is 0 Å². The van der Waals surface area contributed by atoms with Crippen LogP contribution in [0.5, 0.6) is 5.75 Å². The Labute approximate surface area is 139 Å². The van der Waals surface area contributed by atoms with Crippen molar-refractivity contribution in [3.63, 3.8) is 0 Å². The smallest absolute Gasteiger partial charge is 0.198 e. The molecular weight excluding hydrogens is 403 g/mol. The second kappa shape index (κ2) is 6.28. The molecule has 0 saturated heterocycles. The van der Waals surface area contributed by atoms with E-state index >= 15 is 0 Å². The number of methoxy groups -OCH3 is 1. The summed E-state index contributed by atoms with van der Waals surface area (Å²) in [5.74, 6) is -0.220. The lowest BCUT2D eigenvalue weighted by atomic mass is 9.96. The molecule has 0 N–H and O–H groups in total. The van der Waals surface area contributed by atoms with Gasteiger partial charge in [0, 0.05) is 14.5 Å². The Hall–Kier alpha value is -1.20. The largest absolute Gasteiger partial charge is 0.496 e. The van der Waals surface area contributed by atoms with Crippen LogP contribution in [-0.2, 0) is 0 Å². The van der Waals surface area contributed by atoms with Gasteiger partial charge >= 0.3 is 0 Å². The molecule has 0 heterocycles. The van der Waals surface area contributed by atoms with E-state index in [2.05, 4.69) is 31.9 Å². The monoisotopic (exact) mass is 414 g/mol. The number of hydrogen-bond acceptors (Lipinski definition) is 2. The Kier molecular flexibility index (Phi) is 4.84. The molecule has 0 aliphatic heterocycles. The van der Waals surface area contributed by atoms with Crippen LogP contribution in [0.25, 0.3) is 0 Å². The van der Waals surface area contributed by atoms with E-state index in [1.807, 2.05) is 19.9 Å². The zero-order chi connectivity index (χ0) is 15.7. The first kappa shape index (κ1) is 16.2. The van der Waals surface area contributed by atoms with Crippen molar-refractivity contribution in [2.24, 2.45) is 0 Å². The van der Waals surface area contributed by atoms with Gasteiger partial charge in [-0.2, -0.15) is 0 Å². The summed E-state index contributed by atoms with van der Waals surface area (Å²) in [6.07, 6.45) is 0. The van der Waals surface area contributed by atoms with Crippen molar-refractivity contribution >= 4 is 37.6 Å². The Morgan fingerprint density at radius 3 is 2.43 bits per heavy atom. The first-order chi connectivity index (χ1) is 9.86. The highest BCUT2D eigenvalue weighted by atomic mass is 79.9. The minimum Gasteiger partial charge on any atom is -0.496 e. The van der Waals surface area contributed by atoms with E-state index < -0.39 is 5.82 Å². The van der Waals surface area contributed by atoms with Crippen LogP contribution in [0.3, 0.4) is 0 Å². The molecule has 2 nitrogen and oxygen atoms in total. The molecule has 0 amide bonds. The second-order valence-electron chi connectivity index (χ2n) is 4.66. The van der Waals surface area contributed by atoms with Gasteiger partial charge in [-0.3, -0.25) is 4.79 Å². The Morgan fingerprint density at radius 2 is 1.81 bits per heavy atom. The maximum Gasteiger partial charge on any atom is 0.198 e. The van der Waals surface area contributed by atoms with Crippen molar-refractivity contribution in [3.05, 3.63) is 61.3 Å². The molecule has 0 radical (unpaired) electrons. The van der Waals surface area contributed by atoms with Crippen LogP contribution < -0.4 is 4.74 Å². The zero-order valence-corrected chi connectivity index (χ0v) is 14.9. The van der Waals surface area contributed by atoms with Gasteiger partial charge in [-0.25, -0.2) is 4.39 Å². The highest BCUT2D eigenvalue weighted by Crippen LogP contribution is 2.35. The lowest BCUT2D eigenvalue weighted by Gasteiger charge is -2.15. The van der Waals surface area contributed by atoms with Gasteiger partial charge in [0.2, 0.25) is 0 Å². The number of ketones is 1. The summed E-state index contributed by atoms with van der Waals surface area (Å²) in [5.41, 5.74) is 2.31. The third-order valence-electron chi connectivity index (χ3n) is 3.27. The minimum atomic E-state index is -0.454. The number of carbonyl (C=O) groups is 1. The number of aryl methyl sites for hydroxylation is 1. The van der Waals surface area contributed by atoms with Crippen molar-refractivity contribution in [3.8, 4) is 5.75 Å². The molecule has 0 fully saturated rings. The van der Waals surface area contributed by atoms with Gasteiger partial charge in [-0.05, 0) is 49.2 Å². The average Bonchev–Trinajstić information content (AvgIpc) is 2.44. The molecule has 0 aliphatic rings. The van der Waals surface area contributed by atoms with Gasteiger partial charge in [0.1, 0.15) is 11.6 Å². The zero-order valence-electron chi connectivity index (χ0n) is 11.8. The van der Waals surface area contributed by atoms with E-state index in [4.69, 9.17) is 4.74 Å². The Bertz CT molecular complexity index is 727. The van der Waals surface area contributed by atoms with E-state index in [0.29, 0.717) is 15.8 Å². The van der Waals surface area contributed by atoms with E-state index in [1.54, 1.807) is 0 Å². The average molecular weight is 416 g/mol. The third-order valence-corrected chi connectivity index (χ3v) is 4.78. The van der Waals surface area contributed by atoms with Gasteiger partial charge in [0.15, 0.2) is 5.78 Å². The topological polar surface area (TPSA) is 26.3 Å². The lowest BCUT2D eigenvalue weighted by Crippen LogP contribution is -2.09. The number of halogens is 3. The summed E-state index contributed by atoms with van der Waals surface area (Å²) in [6, 6.07) is 5.94. The summed E-state index contributed by atoms with van der Waals surface area (Å²) in [5, 5.41) is 0. The normalized spacial score (nSPS) is 10.6. The number of hydrogen-bond donors (Lipinski definition) is 0. The highest BCUT2D eigenvalue weighted by molar-refractivity contribution is 9.10. The molecule has 0 unspecified atom stereocenters. The fourth-order valence-corrected chi connectivity index (χ4v) is 3.16. The maximum absolute atomic E-state index is 13.5. The SMILES string of the molecule is COc1c(C)cc(Br)c(C)c1C(=O)c1cc(F)ccc1Br. The number of ether oxygens (including phenoxy) is 1. The van der Waals surface area contributed by atoms with E-state index in [0.717, 1.165) is 15.6 Å². The molecule has 0 atom stereocenters. The highest BCUT2D eigenvalue weighted by Gasteiger charge is 2.23. The predicted octanol–water partition coefficient (Wildman–Crippen LogP) is 5.21. The summed E-state index contributed by atoms with van der Waals surface area (Å²) in [6.45, 7) is 3.69. The molecule has 0 aromatic heterocycles. The van der Waals surface area contributed by atoms with Crippen LogP contribution in [0, 0.1) is 19.7 Å². The first-order valence-electron chi connectivity index (χ1n) is 6.20. The third kappa shape index (κ3) is 3.04. The molecule has 110 valence electrons. The predicted molar refractivity (Wildman–Crippen MR) is 87.7 cm³/mol. The lowest BCUT2D eigenvalue weighted by molar-refractivity contribution is 0.103. The molecule has 2 aromatic rings. The molecule has 0 bridgehead atoms. The van der Waals surface area contributed by atoms with Crippen LogP contribution >= 0.6 is 31.9 Å². The molecule has 5 heteroatoms. The number of carbonyl (C=O) groups excluding carboxylic acids is 1. The van der Waals surface area contributed by atoms with Gasteiger partial charge in [0.05, 0.1) is 12.7 Å². The quantitative estimate of drug-likeness (QED) is 0.643. The molecular formula is C16H13Br2FO2. The van der Waals surface area contributed by atoms with Gasteiger partial charge in [0.25, 0.3) is 0 Å². The van der Waals surface area contributed by atoms with Gasteiger partial charge in [-0.15, -0.1) is 0 Å². The number of rotatable bonds is 3. The Morgan fingerprint density at radius 1 is 1.14 bits per heavy atom. The van der Waals surface area contributed by atoms with Crippen LogP contribution in [-0.4, -0.2) is 12.9 Å². The molecule has 0 saturated carbocycles. The maximum atomic E-state index is 13.5. The fraction of sp³-hybridized carbons (Fsp3) is 0.188. The summed E-state index contributed by atoms with van der Waals surface area (Å²) in [4.78, 5) is 12.8. The molecule has 21 heavy (non-hydrogen) atoms. The van der Waals surface area contributed by atoms with E-state index in [1.165, 1.54) is 25.3 Å². The van der Waals surface area contributed by atoms with Crippen LogP contribution in [0.2, 0.25) is 0 Å². The van der Waals surface area contributed by atoms with Crippen molar-refractivity contribution in [2.75, 3.05) is 7.11 Å². The Balaban J connectivity index is 2.71. The fourth-order valence-electron chi connectivity index (χ4n) is 2.19. The molecule has 0 aliphatic carbocycles. The first-order valence-corrected chi connectivity index (χ1v) is 7.78. The van der Waals surface area contributed by atoms with Crippen LogP contribution in [0.4, 0.5) is 4.39 Å². The number of benzene rings is 2. The summed E-state index contributed by atoms with van der Waals surface area (Å²) < 4.78 is 20.2. The standard InChI is InChI=1S/C16H13Br2FO2/c1-8-6-13(18)9(2)14(16(8)21-3)15(20)11-7-10(19)4-5-12(11)17/h4-7H,1-3H3.